The molecule has 0 saturated heterocycles. The number of hydrogen-bond donors (Lipinski definition) is 2. The molecular weight excluding hydrogens is 430 g/mol. The number of anilines is 1. The van der Waals surface area contributed by atoms with E-state index in [4.69, 9.17) is 4.74 Å². The van der Waals surface area contributed by atoms with E-state index in [2.05, 4.69) is 10.6 Å². The van der Waals surface area contributed by atoms with Crippen molar-refractivity contribution >= 4 is 27.5 Å². The van der Waals surface area contributed by atoms with Crippen molar-refractivity contribution in [2.24, 2.45) is 5.92 Å². The summed E-state index contributed by atoms with van der Waals surface area (Å²) >= 11 is 0. The number of benzene rings is 2. The fourth-order valence-electron chi connectivity index (χ4n) is 3.01. The largest absolute Gasteiger partial charge is 0.492 e. The zero-order chi connectivity index (χ0) is 23.9. The number of ether oxygens (including phenoxy) is 1. The Hall–Kier alpha value is -2.91. The van der Waals surface area contributed by atoms with Gasteiger partial charge in [-0.25, -0.2) is 12.7 Å². The Morgan fingerprint density at radius 2 is 1.72 bits per heavy atom. The Morgan fingerprint density at radius 3 is 2.28 bits per heavy atom. The van der Waals surface area contributed by atoms with Crippen molar-refractivity contribution in [3.63, 3.8) is 0 Å². The van der Waals surface area contributed by atoms with Crippen molar-refractivity contribution in [3.05, 3.63) is 54.1 Å². The molecule has 1 atom stereocenters. The first-order chi connectivity index (χ1) is 15.1. The molecular formula is C23H31N3O5S. The predicted molar refractivity (Wildman–Crippen MR) is 124 cm³/mol. The maximum absolute atomic E-state index is 13.1. The summed E-state index contributed by atoms with van der Waals surface area (Å²) < 4.78 is 32.0. The van der Waals surface area contributed by atoms with E-state index in [0.29, 0.717) is 12.2 Å². The van der Waals surface area contributed by atoms with Gasteiger partial charge in [-0.1, -0.05) is 44.2 Å². The number of hydrogen-bond acceptors (Lipinski definition) is 5. The molecule has 32 heavy (non-hydrogen) atoms. The van der Waals surface area contributed by atoms with Crippen molar-refractivity contribution in [2.75, 3.05) is 26.0 Å². The second-order valence-electron chi connectivity index (χ2n) is 7.88. The molecule has 8 nitrogen and oxygen atoms in total. The van der Waals surface area contributed by atoms with E-state index in [0.717, 1.165) is 4.31 Å². The SMILES string of the molecule is CCOc1ccc(NC(=O)C(NC(=O)CC(C)C)c2ccccc2)cc1S(=O)(=O)N(C)C. The zero-order valence-corrected chi connectivity index (χ0v) is 19.9. The topological polar surface area (TPSA) is 105 Å². The smallest absolute Gasteiger partial charge is 0.251 e. The predicted octanol–water partition coefficient (Wildman–Crippen LogP) is 3.18. The molecule has 2 amide bonds. The van der Waals surface area contributed by atoms with Gasteiger partial charge < -0.3 is 15.4 Å². The van der Waals surface area contributed by atoms with Gasteiger partial charge in [0.2, 0.25) is 15.9 Å². The minimum atomic E-state index is -3.81. The van der Waals surface area contributed by atoms with E-state index >= 15 is 0 Å². The number of carbonyl (C=O) groups excluding carboxylic acids is 2. The molecule has 2 N–H and O–H groups in total. The van der Waals surface area contributed by atoms with E-state index in [1.54, 1.807) is 37.3 Å². The Labute approximate surface area is 190 Å². The number of sulfonamides is 1. The summed E-state index contributed by atoms with van der Waals surface area (Å²) in [5.74, 6) is -0.388. The van der Waals surface area contributed by atoms with Gasteiger partial charge in [-0.3, -0.25) is 9.59 Å². The standard InChI is InChI=1S/C23H31N3O5S/c1-6-31-19-13-12-18(15-20(19)32(29,30)26(4)5)24-23(28)22(17-10-8-7-9-11-17)25-21(27)14-16(2)3/h7-13,15-16,22H,6,14H2,1-5H3,(H,24,28)(H,25,27). The number of nitrogens with zero attached hydrogens (tertiary/aromatic N) is 1. The Kier molecular flexibility index (Phi) is 8.80. The quantitative estimate of drug-likeness (QED) is 0.565. The summed E-state index contributed by atoms with van der Waals surface area (Å²) in [5, 5.41) is 5.51. The molecule has 174 valence electrons. The summed E-state index contributed by atoms with van der Waals surface area (Å²) in [6.45, 7) is 5.89. The Balaban J connectivity index is 2.37. The average molecular weight is 462 g/mol. The van der Waals surface area contributed by atoms with Crippen LogP contribution in [0.4, 0.5) is 5.69 Å². The highest BCUT2D eigenvalue weighted by atomic mass is 32.2. The van der Waals surface area contributed by atoms with Crippen molar-refractivity contribution in [3.8, 4) is 5.75 Å². The lowest BCUT2D eigenvalue weighted by molar-refractivity contribution is -0.127. The molecule has 0 spiro atoms. The molecule has 2 aromatic carbocycles. The van der Waals surface area contributed by atoms with Crippen LogP contribution in [0.3, 0.4) is 0 Å². The third kappa shape index (κ3) is 6.54. The van der Waals surface area contributed by atoms with Crippen LogP contribution >= 0.6 is 0 Å². The van der Waals surface area contributed by atoms with Crippen LogP contribution in [0, 0.1) is 5.92 Å². The lowest BCUT2D eigenvalue weighted by atomic mass is 10.0. The molecule has 0 fully saturated rings. The second-order valence-corrected chi connectivity index (χ2v) is 10.0. The number of rotatable bonds is 10. The van der Waals surface area contributed by atoms with Crippen molar-refractivity contribution in [1.82, 2.24) is 9.62 Å². The first-order valence-corrected chi connectivity index (χ1v) is 11.8. The van der Waals surface area contributed by atoms with Crippen LogP contribution in [0.15, 0.2) is 53.4 Å². The van der Waals surface area contributed by atoms with Crippen LogP contribution < -0.4 is 15.4 Å². The highest BCUT2D eigenvalue weighted by molar-refractivity contribution is 7.89. The lowest BCUT2D eigenvalue weighted by Crippen LogP contribution is -2.37. The van der Waals surface area contributed by atoms with E-state index in [9.17, 15) is 18.0 Å². The Bertz CT molecular complexity index is 1040. The first-order valence-electron chi connectivity index (χ1n) is 10.4. The monoisotopic (exact) mass is 461 g/mol. The number of carbonyl (C=O) groups is 2. The highest BCUT2D eigenvalue weighted by Crippen LogP contribution is 2.29. The van der Waals surface area contributed by atoms with Gasteiger partial charge in [-0.2, -0.15) is 0 Å². The number of nitrogens with one attached hydrogen (secondary N) is 2. The molecule has 0 radical (unpaired) electrons. The van der Waals surface area contributed by atoms with E-state index in [1.165, 1.54) is 26.2 Å². The molecule has 0 aliphatic heterocycles. The van der Waals surface area contributed by atoms with Gasteiger partial charge in [0.15, 0.2) is 0 Å². The third-order valence-electron chi connectivity index (χ3n) is 4.56. The van der Waals surface area contributed by atoms with Crippen LogP contribution in [0.2, 0.25) is 0 Å². The van der Waals surface area contributed by atoms with Crippen molar-refractivity contribution in [2.45, 2.75) is 38.1 Å². The molecule has 9 heteroatoms. The Morgan fingerprint density at radius 1 is 1.06 bits per heavy atom. The molecule has 0 saturated carbocycles. The van der Waals surface area contributed by atoms with Crippen molar-refractivity contribution in [1.29, 1.82) is 0 Å². The summed E-state index contributed by atoms with van der Waals surface area (Å²) in [7, 11) is -0.960. The van der Waals surface area contributed by atoms with Gasteiger partial charge in [-0.05, 0) is 36.6 Å². The van der Waals surface area contributed by atoms with Gasteiger partial charge >= 0.3 is 0 Å². The molecule has 2 aromatic rings. The molecule has 0 heterocycles. The minimum absolute atomic E-state index is 0.0535. The zero-order valence-electron chi connectivity index (χ0n) is 19.1. The average Bonchev–Trinajstić information content (AvgIpc) is 2.73. The maximum Gasteiger partial charge on any atom is 0.251 e. The molecule has 0 aliphatic rings. The van der Waals surface area contributed by atoms with Gasteiger partial charge in [0.1, 0.15) is 16.7 Å². The van der Waals surface area contributed by atoms with Gasteiger partial charge in [0.25, 0.3) is 5.91 Å². The van der Waals surface area contributed by atoms with Crippen LogP contribution in [0.25, 0.3) is 0 Å². The van der Waals surface area contributed by atoms with Crippen molar-refractivity contribution < 1.29 is 22.7 Å². The molecule has 2 rings (SSSR count). The summed E-state index contributed by atoms with van der Waals surface area (Å²) in [6.07, 6.45) is 0.283. The highest BCUT2D eigenvalue weighted by Gasteiger charge is 2.26. The summed E-state index contributed by atoms with van der Waals surface area (Å²) in [4.78, 5) is 25.4. The van der Waals surface area contributed by atoms with Crippen LogP contribution in [-0.2, 0) is 19.6 Å². The first kappa shape index (κ1) is 25.4. The van der Waals surface area contributed by atoms with Crippen LogP contribution in [-0.4, -0.2) is 45.2 Å². The fourth-order valence-corrected chi connectivity index (χ4v) is 4.06. The normalized spacial score (nSPS) is 12.5. The summed E-state index contributed by atoms with van der Waals surface area (Å²) in [6, 6.07) is 12.4. The molecule has 1 unspecified atom stereocenters. The van der Waals surface area contributed by atoms with Gasteiger partial charge in [-0.15, -0.1) is 0 Å². The molecule has 0 bridgehead atoms. The van der Waals surface area contributed by atoms with E-state index in [1.807, 2.05) is 19.9 Å². The third-order valence-corrected chi connectivity index (χ3v) is 6.40. The maximum atomic E-state index is 13.1. The fraction of sp³-hybridized carbons (Fsp3) is 0.391. The van der Waals surface area contributed by atoms with Crippen LogP contribution in [0.1, 0.15) is 38.8 Å². The van der Waals surface area contributed by atoms with Gasteiger partial charge in [0, 0.05) is 26.2 Å². The van der Waals surface area contributed by atoms with E-state index < -0.39 is 22.0 Å². The molecule has 0 aliphatic carbocycles. The summed E-state index contributed by atoms with van der Waals surface area (Å²) in [5.41, 5.74) is 0.895. The lowest BCUT2D eigenvalue weighted by Gasteiger charge is -2.21. The van der Waals surface area contributed by atoms with E-state index in [-0.39, 0.29) is 34.6 Å². The molecule has 0 aromatic heterocycles. The number of amides is 2. The second kappa shape index (κ2) is 11.1. The van der Waals surface area contributed by atoms with Gasteiger partial charge in [0.05, 0.1) is 6.61 Å². The van der Waals surface area contributed by atoms with Crippen LogP contribution in [0.5, 0.6) is 5.75 Å². The minimum Gasteiger partial charge on any atom is -0.492 e.